The molecule has 0 aliphatic heterocycles. The first kappa shape index (κ1) is 14.0. The number of thioether (sulfide) groups is 1. The number of rotatable bonds is 5. The molecule has 0 spiro atoms. The molecule has 1 amide bonds. The molecule has 2 rings (SSSR count). The summed E-state index contributed by atoms with van der Waals surface area (Å²) in [6, 6.07) is 7.88. The molecule has 0 saturated heterocycles. The minimum Gasteiger partial charge on any atom is -0.300 e. The van der Waals surface area contributed by atoms with Gasteiger partial charge in [0.15, 0.2) is 4.34 Å². The number of benzene rings is 1. The van der Waals surface area contributed by atoms with E-state index >= 15 is 0 Å². The first-order valence-corrected chi connectivity index (χ1v) is 7.80. The second kappa shape index (κ2) is 6.68. The zero-order valence-electron chi connectivity index (χ0n) is 10.8. The average Bonchev–Trinajstić information content (AvgIpc) is 2.80. The van der Waals surface area contributed by atoms with Gasteiger partial charge in [-0.3, -0.25) is 4.79 Å². The number of aromatic nitrogens is 2. The maximum atomic E-state index is 11.9. The van der Waals surface area contributed by atoms with Crippen molar-refractivity contribution in [2.45, 2.75) is 24.6 Å². The van der Waals surface area contributed by atoms with Gasteiger partial charge in [0.05, 0.1) is 6.42 Å². The van der Waals surface area contributed by atoms with Crippen molar-refractivity contribution in [3.8, 4) is 0 Å². The van der Waals surface area contributed by atoms with Gasteiger partial charge in [0.25, 0.3) is 0 Å². The molecule has 0 aliphatic rings. The Morgan fingerprint density at radius 2 is 2.16 bits per heavy atom. The standard InChI is InChI=1S/C13H15N3OS2/c1-3-18-13-16-15-12(19-13)14-11(17)8-10-7-5-4-6-9(10)2/h4-7H,3,8H2,1-2H3,(H,14,15,17). The number of anilines is 1. The molecule has 0 saturated carbocycles. The van der Waals surface area contributed by atoms with E-state index in [1.54, 1.807) is 11.8 Å². The molecule has 6 heteroatoms. The van der Waals surface area contributed by atoms with Gasteiger partial charge in [-0.15, -0.1) is 10.2 Å². The fourth-order valence-corrected chi connectivity index (χ4v) is 3.25. The summed E-state index contributed by atoms with van der Waals surface area (Å²) >= 11 is 3.03. The van der Waals surface area contributed by atoms with Crippen LogP contribution in [-0.4, -0.2) is 21.9 Å². The summed E-state index contributed by atoms with van der Waals surface area (Å²) in [4.78, 5) is 11.9. The van der Waals surface area contributed by atoms with E-state index in [1.165, 1.54) is 11.3 Å². The molecule has 1 heterocycles. The molecule has 4 nitrogen and oxygen atoms in total. The van der Waals surface area contributed by atoms with Crippen LogP contribution in [0.5, 0.6) is 0 Å². The van der Waals surface area contributed by atoms with E-state index in [2.05, 4.69) is 22.4 Å². The molecule has 0 atom stereocenters. The maximum Gasteiger partial charge on any atom is 0.230 e. The lowest BCUT2D eigenvalue weighted by Crippen LogP contribution is -2.14. The van der Waals surface area contributed by atoms with Crippen molar-refractivity contribution < 1.29 is 4.79 Å². The third-order valence-electron chi connectivity index (χ3n) is 2.53. The average molecular weight is 293 g/mol. The topological polar surface area (TPSA) is 54.9 Å². The van der Waals surface area contributed by atoms with Crippen LogP contribution < -0.4 is 5.32 Å². The van der Waals surface area contributed by atoms with Gasteiger partial charge in [0, 0.05) is 0 Å². The fourth-order valence-electron chi connectivity index (χ4n) is 1.59. The molecule has 1 aromatic heterocycles. The van der Waals surface area contributed by atoms with Gasteiger partial charge in [-0.05, 0) is 23.8 Å². The van der Waals surface area contributed by atoms with Crippen LogP contribution in [0.2, 0.25) is 0 Å². The Labute approximate surface area is 120 Å². The van der Waals surface area contributed by atoms with Crippen molar-refractivity contribution in [3.63, 3.8) is 0 Å². The van der Waals surface area contributed by atoms with Crippen LogP contribution in [0.15, 0.2) is 28.6 Å². The van der Waals surface area contributed by atoms with Crippen LogP contribution in [0, 0.1) is 6.92 Å². The lowest BCUT2D eigenvalue weighted by atomic mass is 10.1. The quantitative estimate of drug-likeness (QED) is 0.679. The van der Waals surface area contributed by atoms with Crippen LogP contribution in [0.25, 0.3) is 0 Å². The molecule has 0 radical (unpaired) electrons. The van der Waals surface area contributed by atoms with Crippen molar-refractivity contribution in [1.82, 2.24) is 10.2 Å². The largest absolute Gasteiger partial charge is 0.300 e. The molecule has 0 fully saturated rings. The van der Waals surface area contributed by atoms with Crippen molar-refractivity contribution in [1.29, 1.82) is 0 Å². The number of hydrogen-bond acceptors (Lipinski definition) is 5. The Bertz CT molecular complexity index is 569. The zero-order chi connectivity index (χ0) is 13.7. The maximum absolute atomic E-state index is 11.9. The second-order valence-corrected chi connectivity index (χ2v) is 6.45. The number of amides is 1. The first-order chi connectivity index (χ1) is 9.19. The SMILES string of the molecule is CCSc1nnc(NC(=O)Cc2ccccc2C)s1. The Hall–Kier alpha value is -1.40. The third-order valence-corrected chi connectivity index (χ3v) is 4.39. The summed E-state index contributed by atoms with van der Waals surface area (Å²) in [5.41, 5.74) is 2.16. The van der Waals surface area contributed by atoms with Gasteiger partial charge in [-0.1, -0.05) is 54.3 Å². The Morgan fingerprint density at radius 1 is 1.37 bits per heavy atom. The summed E-state index contributed by atoms with van der Waals surface area (Å²) in [5, 5.41) is 11.3. The smallest absolute Gasteiger partial charge is 0.230 e. The minimum absolute atomic E-state index is 0.0569. The van der Waals surface area contributed by atoms with E-state index in [0.717, 1.165) is 21.2 Å². The van der Waals surface area contributed by atoms with Crippen molar-refractivity contribution in [3.05, 3.63) is 35.4 Å². The van der Waals surface area contributed by atoms with Crippen molar-refractivity contribution in [2.75, 3.05) is 11.1 Å². The first-order valence-electron chi connectivity index (χ1n) is 5.99. The van der Waals surface area contributed by atoms with Crippen LogP contribution in [0.1, 0.15) is 18.1 Å². The van der Waals surface area contributed by atoms with Crippen molar-refractivity contribution >= 4 is 34.1 Å². The zero-order valence-corrected chi connectivity index (χ0v) is 12.5. The predicted octanol–water partition coefficient (Wildman–Crippen LogP) is 3.14. The molecular formula is C13H15N3OS2. The monoisotopic (exact) mass is 293 g/mol. The van der Waals surface area contributed by atoms with E-state index in [4.69, 9.17) is 0 Å². The Balaban J connectivity index is 1.95. The lowest BCUT2D eigenvalue weighted by Gasteiger charge is -2.04. The highest BCUT2D eigenvalue weighted by molar-refractivity contribution is 8.01. The third kappa shape index (κ3) is 4.04. The van der Waals surface area contributed by atoms with Gasteiger partial charge in [-0.25, -0.2) is 0 Å². The molecule has 2 aromatic rings. The summed E-state index contributed by atoms with van der Waals surface area (Å²) in [5.74, 6) is 0.893. The minimum atomic E-state index is -0.0569. The van der Waals surface area contributed by atoms with Crippen LogP contribution in [-0.2, 0) is 11.2 Å². The molecule has 0 unspecified atom stereocenters. The highest BCUT2D eigenvalue weighted by Gasteiger charge is 2.09. The van der Waals surface area contributed by atoms with Gasteiger partial charge in [0.2, 0.25) is 11.0 Å². The molecule has 1 aromatic carbocycles. The number of aryl methyl sites for hydroxylation is 1. The summed E-state index contributed by atoms with van der Waals surface area (Å²) in [6.07, 6.45) is 0.364. The van der Waals surface area contributed by atoms with Gasteiger partial charge >= 0.3 is 0 Å². The van der Waals surface area contributed by atoms with E-state index in [-0.39, 0.29) is 5.91 Å². The Morgan fingerprint density at radius 3 is 2.89 bits per heavy atom. The molecule has 0 aliphatic carbocycles. The number of carbonyl (C=O) groups is 1. The highest BCUT2D eigenvalue weighted by Crippen LogP contribution is 2.25. The fraction of sp³-hybridized carbons (Fsp3) is 0.308. The van der Waals surface area contributed by atoms with Gasteiger partial charge in [-0.2, -0.15) is 0 Å². The summed E-state index contributed by atoms with van der Waals surface area (Å²) in [6.45, 7) is 4.06. The molecule has 19 heavy (non-hydrogen) atoms. The van der Waals surface area contributed by atoms with Crippen molar-refractivity contribution in [2.24, 2.45) is 0 Å². The van der Waals surface area contributed by atoms with Gasteiger partial charge in [0.1, 0.15) is 0 Å². The Kier molecular flexibility index (Phi) is 4.93. The predicted molar refractivity (Wildman–Crippen MR) is 79.8 cm³/mol. The van der Waals surface area contributed by atoms with Gasteiger partial charge < -0.3 is 5.32 Å². The molecular weight excluding hydrogens is 278 g/mol. The van der Waals surface area contributed by atoms with Crippen LogP contribution in [0.3, 0.4) is 0 Å². The molecule has 0 bridgehead atoms. The van der Waals surface area contributed by atoms with Crippen LogP contribution in [0.4, 0.5) is 5.13 Å². The highest BCUT2D eigenvalue weighted by atomic mass is 32.2. The number of nitrogens with zero attached hydrogens (tertiary/aromatic N) is 2. The number of hydrogen-bond donors (Lipinski definition) is 1. The van der Waals surface area contributed by atoms with E-state index in [9.17, 15) is 4.79 Å². The molecule has 1 N–H and O–H groups in total. The normalized spacial score (nSPS) is 10.4. The van der Waals surface area contributed by atoms with Crippen LogP contribution >= 0.6 is 23.1 Å². The summed E-state index contributed by atoms with van der Waals surface area (Å²) < 4.78 is 0.883. The van der Waals surface area contributed by atoms with E-state index in [1.807, 2.05) is 31.2 Å². The number of nitrogens with one attached hydrogen (secondary N) is 1. The van der Waals surface area contributed by atoms with E-state index in [0.29, 0.717) is 11.6 Å². The second-order valence-electron chi connectivity index (χ2n) is 3.96. The lowest BCUT2D eigenvalue weighted by molar-refractivity contribution is -0.115. The number of carbonyl (C=O) groups excluding carboxylic acids is 1. The summed E-state index contributed by atoms with van der Waals surface area (Å²) in [7, 11) is 0. The van der Waals surface area contributed by atoms with E-state index < -0.39 is 0 Å². The molecule has 100 valence electrons.